The van der Waals surface area contributed by atoms with Crippen molar-refractivity contribution in [3.63, 3.8) is 0 Å². The second-order valence-electron chi connectivity index (χ2n) is 4.28. The Morgan fingerprint density at radius 2 is 2.06 bits per heavy atom. The Balaban J connectivity index is 2.46. The number of hydrogen-bond acceptors (Lipinski definition) is 2. The van der Waals surface area contributed by atoms with Crippen molar-refractivity contribution in [2.24, 2.45) is 0 Å². The van der Waals surface area contributed by atoms with Crippen molar-refractivity contribution in [1.82, 2.24) is 0 Å². The van der Waals surface area contributed by atoms with E-state index in [1.165, 1.54) is 0 Å². The first kappa shape index (κ1) is 11.5. The molecule has 1 aromatic carbocycles. The molecule has 0 bridgehead atoms. The summed E-state index contributed by atoms with van der Waals surface area (Å²) in [6, 6.07) is 7.52. The summed E-state index contributed by atoms with van der Waals surface area (Å²) >= 11 is 0. The molecule has 1 unspecified atom stereocenters. The average Bonchev–Trinajstić information content (AvgIpc) is 2.68. The third-order valence-corrected chi connectivity index (χ3v) is 3.13. The summed E-state index contributed by atoms with van der Waals surface area (Å²) in [7, 11) is 0. The number of benzene rings is 1. The van der Waals surface area contributed by atoms with Gasteiger partial charge in [0.25, 0.3) is 0 Å². The van der Waals surface area contributed by atoms with Gasteiger partial charge in [-0.1, -0.05) is 31.4 Å². The van der Waals surface area contributed by atoms with Gasteiger partial charge >= 0.3 is 5.97 Å². The second-order valence-corrected chi connectivity index (χ2v) is 4.28. The van der Waals surface area contributed by atoms with E-state index in [0.717, 1.165) is 5.56 Å². The number of fused-ring (bicyclic) bond motifs is 1. The number of aliphatic carboxylic acids is 1. The van der Waals surface area contributed by atoms with E-state index in [-0.39, 0.29) is 5.57 Å². The fraction of sp³-hybridized carbons (Fsp3) is 0.214. The fourth-order valence-electron chi connectivity index (χ4n) is 2.08. The first-order chi connectivity index (χ1) is 7.97. The molecule has 3 heteroatoms. The summed E-state index contributed by atoms with van der Waals surface area (Å²) in [5.74, 6) is -0.348. The molecule has 0 radical (unpaired) electrons. The minimum atomic E-state index is -1.05. The van der Waals surface area contributed by atoms with Crippen LogP contribution in [0.1, 0.15) is 12.5 Å². The van der Waals surface area contributed by atoms with Gasteiger partial charge in [-0.25, -0.2) is 4.79 Å². The van der Waals surface area contributed by atoms with Crippen molar-refractivity contribution in [1.29, 1.82) is 0 Å². The molecule has 0 saturated carbocycles. The molecule has 1 aromatic rings. The molecule has 3 nitrogen and oxygen atoms in total. The molecule has 17 heavy (non-hydrogen) atoms. The van der Waals surface area contributed by atoms with E-state index < -0.39 is 11.6 Å². The van der Waals surface area contributed by atoms with Crippen LogP contribution in [0.4, 0.5) is 0 Å². The lowest BCUT2D eigenvalue weighted by molar-refractivity contribution is -0.134. The van der Waals surface area contributed by atoms with Crippen LogP contribution in [0.2, 0.25) is 0 Å². The van der Waals surface area contributed by atoms with E-state index in [4.69, 9.17) is 9.84 Å². The highest BCUT2D eigenvalue weighted by atomic mass is 16.5. The average molecular weight is 230 g/mol. The Kier molecular flexibility index (Phi) is 2.54. The summed E-state index contributed by atoms with van der Waals surface area (Å²) in [5.41, 5.74) is 0.662. The van der Waals surface area contributed by atoms with Gasteiger partial charge in [0.2, 0.25) is 0 Å². The maximum Gasteiger partial charge on any atom is 0.335 e. The van der Waals surface area contributed by atoms with Gasteiger partial charge in [-0.2, -0.15) is 0 Å². The van der Waals surface area contributed by atoms with E-state index in [1.807, 2.05) is 24.3 Å². The zero-order valence-electron chi connectivity index (χ0n) is 9.69. The highest BCUT2D eigenvalue weighted by molar-refractivity contribution is 5.90. The van der Waals surface area contributed by atoms with Crippen LogP contribution in [0.15, 0.2) is 48.6 Å². The van der Waals surface area contributed by atoms with Crippen LogP contribution in [0, 0.1) is 0 Å². The normalized spacial score (nSPS) is 21.5. The molecule has 1 aliphatic rings. The first-order valence-corrected chi connectivity index (χ1v) is 5.33. The molecule has 1 aliphatic heterocycles. The van der Waals surface area contributed by atoms with Crippen LogP contribution in [-0.2, 0) is 11.2 Å². The molecule has 1 heterocycles. The maximum absolute atomic E-state index is 11.1. The van der Waals surface area contributed by atoms with Crippen molar-refractivity contribution in [3.05, 3.63) is 54.1 Å². The summed E-state index contributed by atoms with van der Waals surface area (Å²) in [5, 5.41) is 9.11. The minimum absolute atomic E-state index is 0.0289. The van der Waals surface area contributed by atoms with Gasteiger partial charge < -0.3 is 9.84 Å². The minimum Gasteiger partial charge on any atom is -0.478 e. The summed E-state index contributed by atoms with van der Waals surface area (Å²) in [6.07, 6.45) is 0.476. The largest absolute Gasteiger partial charge is 0.478 e. The lowest BCUT2D eigenvalue weighted by Crippen LogP contribution is -2.40. The third kappa shape index (κ3) is 1.64. The van der Waals surface area contributed by atoms with Gasteiger partial charge in [0, 0.05) is 6.42 Å². The Morgan fingerprint density at radius 1 is 1.41 bits per heavy atom. The van der Waals surface area contributed by atoms with E-state index in [1.54, 1.807) is 6.92 Å². The topological polar surface area (TPSA) is 46.5 Å². The van der Waals surface area contributed by atoms with E-state index in [0.29, 0.717) is 17.7 Å². The molecule has 0 amide bonds. The number of carboxylic acids is 1. The second kappa shape index (κ2) is 3.77. The van der Waals surface area contributed by atoms with E-state index >= 15 is 0 Å². The Bertz CT molecular complexity index is 489. The van der Waals surface area contributed by atoms with Crippen molar-refractivity contribution in [3.8, 4) is 5.75 Å². The van der Waals surface area contributed by atoms with Crippen LogP contribution in [-0.4, -0.2) is 16.7 Å². The highest BCUT2D eigenvalue weighted by Gasteiger charge is 2.45. The van der Waals surface area contributed by atoms with E-state index in [9.17, 15) is 4.79 Å². The first-order valence-electron chi connectivity index (χ1n) is 5.33. The van der Waals surface area contributed by atoms with E-state index in [2.05, 4.69) is 13.2 Å². The number of carbonyl (C=O) groups is 1. The van der Waals surface area contributed by atoms with Crippen molar-refractivity contribution in [2.75, 3.05) is 0 Å². The van der Waals surface area contributed by atoms with Crippen LogP contribution < -0.4 is 4.74 Å². The molecular formula is C14H14O3. The van der Waals surface area contributed by atoms with Crippen molar-refractivity contribution in [2.45, 2.75) is 18.9 Å². The predicted octanol–water partition coefficient (Wildman–Crippen LogP) is 2.58. The van der Waals surface area contributed by atoms with Crippen LogP contribution >= 0.6 is 0 Å². The fourth-order valence-corrected chi connectivity index (χ4v) is 2.08. The zero-order valence-corrected chi connectivity index (χ0v) is 9.69. The Morgan fingerprint density at radius 3 is 2.59 bits per heavy atom. The lowest BCUT2D eigenvalue weighted by Gasteiger charge is -2.29. The number of hydrogen-bond donors (Lipinski definition) is 1. The molecule has 1 atom stereocenters. The molecule has 0 aromatic heterocycles. The summed E-state index contributed by atoms with van der Waals surface area (Å²) in [6.45, 7) is 9.24. The molecule has 0 fully saturated rings. The summed E-state index contributed by atoms with van der Waals surface area (Å²) < 4.78 is 5.80. The Labute approximate surface area is 100 Å². The van der Waals surface area contributed by atoms with Gasteiger partial charge in [0.15, 0.2) is 5.60 Å². The molecule has 88 valence electrons. The third-order valence-electron chi connectivity index (χ3n) is 3.13. The highest BCUT2D eigenvalue weighted by Crippen LogP contribution is 2.42. The molecule has 0 spiro atoms. The van der Waals surface area contributed by atoms with Crippen LogP contribution in [0.25, 0.3) is 0 Å². The number of ether oxygens (including phenoxy) is 1. The summed E-state index contributed by atoms with van der Waals surface area (Å²) in [4.78, 5) is 11.1. The Hall–Kier alpha value is -2.03. The van der Waals surface area contributed by atoms with Crippen molar-refractivity contribution >= 4 is 5.97 Å². The SMILES string of the molecule is C=C(C)C1(C(=C)C(=O)O)Cc2ccccc2O1. The van der Waals surface area contributed by atoms with Gasteiger partial charge in [-0.05, 0) is 24.1 Å². The zero-order chi connectivity index (χ0) is 12.6. The quantitative estimate of drug-likeness (QED) is 0.641. The van der Waals surface area contributed by atoms with Crippen LogP contribution in [0.5, 0.6) is 5.75 Å². The predicted molar refractivity (Wildman–Crippen MR) is 65.1 cm³/mol. The van der Waals surface area contributed by atoms with Gasteiger partial charge in [0.1, 0.15) is 5.75 Å². The number of rotatable bonds is 3. The molecule has 1 N–H and O–H groups in total. The number of carboxylic acid groups (broad SMARTS) is 1. The van der Waals surface area contributed by atoms with Gasteiger partial charge in [-0.3, -0.25) is 0 Å². The molecule has 0 saturated heterocycles. The maximum atomic E-state index is 11.1. The molecule has 2 rings (SSSR count). The molecular weight excluding hydrogens is 216 g/mol. The van der Waals surface area contributed by atoms with Crippen molar-refractivity contribution < 1.29 is 14.6 Å². The number of para-hydroxylation sites is 1. The molecule has 0 aliphatic carbocycles. The van der Waals surface area contributed by atoms with Gasteiger partial charge in [0.05, 0.1) is 5.57 Å². The van der Waals surface area contributed by atoms with Crippen LogP contribution in [0.3, 0.4) is 0 Å². The smallest absolute Gasteiger partial charge is 0.335 e. The monoisotopic (exact) mass is 230 g/mol. The standard InChI is InChI=1S/C14H14O3/c1-9(2)14(10(3)13(15)16)8-11-6-4-5-7-12(11)17-14/h4-7H,1,3,8H2,2H3,(H,15,16). The lowest BCUT2D eigenvalue weighted by atomic mass is 9.84. The van der Waals surface area contributed by atoms with Gasteiger partial charge in [-0.15, -0.1) is 0 Å².